The van der Waals surface area contributed by atoms with E-state index in [2.05, 4.69) is 6.07 Å². The van der Waals surface area contributed by atoms with E-state index in [9.17, 15) is 0 Å². The van der Waals surface area contributed by atoms with Crippen LogP contribution in [0.1, 0.15) is 33.1 Å². The third-order valence-electron chi connectivity index (χ3n) is 2.67. The molecule has 4 nitrogen and oxygen atoms in total. The smallest absolute Gasteiger partial charge is 0.163 e. The topological polar surface area (TPSA) is 54.8 Å². The Kier molecular flexibility index (Phi) is 2.96. The number of ether oxygens (including phenoxy) is 3. The fraction of sp³-hybridized carbons (Fsp3) is 0.909. The van der Waals surface area contributed by atoms with Crippen LogP contribution in [0.2, 0.25) is 0 Å². The van der Waals surface area contributed by atoms with E-state index in [1.165, 1.54) is 0 Å². The molecule has 0 aromatic heterocycles. The Balaban J connectivity index is 1.91. The molecule has 0 bridgehead atoms. The zero-order chi connectivity index (χ0) is 10.9. The first-order chi connectivity index (χ1) is 7.09. The van der Waals surface area contributed by atoms with Crippen LogP contribution in [0.4, 0.5) is 0 Å². The highest BCUT2D eigenvalue weighted by Crippen LogP contribution is 2.32. The number of nitriles is 1. The highest BCUT2D eigenvalue weighted by atomic mass is 16.7. The summed E-state index contributed by atoms with van der Waals surface area (Å²) in [5.41, 5.74) is 0. The summed E-state index contributed by atoms with van der Waals surface area (Å²) in [5.74, 6) is -0.570. The lowest BCUT2D eigenvalue weighted by Crippen LogP contribution is -2.44. The third-order valence-corrected chi connectivity index (χ3v) is 2.67. The molecule has 0 aromatic rings. The van der Waals surface area contributed by atoms with Crippen LogP contribution in [-0.2, 0) is 14.2 Å². The van der Waals surface area contributed by atoms with Crippen LogP contribution in [0.25, 0.3) is 0 Å². The first-order valence-corrected chi connectivity index (χ1v) is 5.43. The second-order valence-electron chi connectivity index (χ2n) is 4.67. The van der Waals surface area contributed by atoms with Crippen molar-refractivity contribution in [2.75, 3.05) is 6.61 Å². The lowest BCUT2D eigenvalue weighted by molar-refractivity contribution is -0.299. The molecule has 0 spiro atoms. The van der Waals surface area contributed by atoms with Crippen molar-refractivity contribution in [3.05, 3.63) is 0 Å². The number of hydrogen-bond acceptors (Lipinski definition) is 4. The van der Waals surface area contributed by atoms with Crippen molar-refractivity contribution in [1.29, 1.82) is 5.26 Å². The molecule has 2 aliphatic rings. The Labute approximate surface area is 90.1 Å². The Morgan fingerprint density at radius 2 is 1.93 bits per heavy atom. The van der Waals surface area contributed by atoms with Crippen LogP contribution in [0.15, 0.2) is 0 Å². The first-order valence-electron chi connectivity index (χ1n) is 5.43. The highest BCUT2D eigenvalue weighted by Gasteiger charge is 2.38. The van der Waals surface area contributed by atoms with Crippen LogP contribution in [0, 0.1) is 11.3 Å². The Hall–Kier alpha value is -0.630. The molecule has 84 valence electrons. The number of epoxide rings is 1. The van der Waals surface area contributed by atoms with E-state index in [4.69, 9.17) is 19.5 Å². The average Bonchev–Trinajstić information content (AvgIpc) is 2.85. The highest BCUT2D eigenvalue weighted by molar-refractivity contribution is 4.86. The molecule has 0 aliphatic carbocycles. The Bertz CT molecular complexity index is 267. The SMILES string of the molecule is CC1(C)O[C@H](CC#N)C[C@H](CC2CO2)O1. The standard InChI is InChI=1S/C11H17NO3/c1-11(2)14-8(3-4-12)5-9(15-11)6-10-7-13-10/h8-10H,3,5-7H2,1-2H3/t8-,9-,10?/m1/s1. The summed E-state index contributed by atoms with van der Waals surface area (Å²) in [6.07, 6.45) is 2.70. The van der Waals surface area contributed by atoms with Gasteiger partial charge in [0.15, 0.2) is 5.79 Å². The molecule has 15 heavy (non-hydrogen) atoms. The minimum absolute atomic E-state index is 0.00231. The van der Waals surface area contributed by atoms with Gasteiger partial charge in [-0.15, -0.1) is 0 Å². The predicted molar refractivity (Wildman–Crippen MR) is 53.0 cm³/mol. The fourth-order valence-electron chi connectivity index (χ4n) is 2.09. The molecule has 3 atom stereocenters. The van der Waals surface area contributed by atoms with Crippen molar-refractivity contribution in [3.8, 4) is 6.07 Å². The lowest BCUT2D eigenvalue weighted by Gasteiger charge is -2.40. The molecule has 0 radical (unpaired) electrons. The fourth-order valence-corrected chi connectivity index (χ4v) is 2.09. The minimum Gasteiger partial charge on any atom is -0.373 e. The van der Waals surface area contributed by atoms with Crippen molar-refractivity contribution in [2.45, 2.75) is 57.2 Å². The molecule has 0 saturated carbocycles. The van der Waals surface area contributed by atoms with Gasteiger partial charge in [-0.05, 0) is 13.8 Å². The molecule has 4 heteroatoms. The van der Waals surface area contributed by atoms with E-state index in [0.717, 1.165) is 19.4 Å². The van der Waals surface area contributed by atoms with E-state index < -0.39 is 5.79 Å². The van der Waals surface area contributed by atoms with Gasteiger partial charge in [0.25, 0.3) is 0 Å². The number of nitrogens with zero attached hydrogens (tertiary/aromatic N) is 1. The predicted octanol–water partition coefficient (Wildman–Crippen LogP) is 1.60. The van der Waals surface area contributed by atoms with Crippen molar-refractivity contribution in [2.24, 2.45) is 0 Å². The van der Waals surface area contributed by atoms with Gasteiger partial charge in [-0.25, -0.2) is 0 Å². The molecule has 2 saturated heterocycles. The first kappa shape index (κ1) is 10.9. The maximum atomic E-state index is 8.67. The van der Waals surface area contributed by atoms with Gasteiger partial charge in [0, 0.05) is 12.8 Å². The zero-order valence-electron chi connectivity index (χ0n) is 9.23. The van der Waals surface area contributed by atoms with Crippen LogP contribution in [0.5, 0.6) is 0 Å². The summed E-state index contributed by atoms with van der Waals surface area (Å²) >= 11 is 0. The summed E-state index contributed by atoms with van der Waals surface area (Å²) in [7, 11) is 0. The van der Waals surface area contributed by atoms with E-state index in [1.807, 2.05) is 13.8 Å². The maximum Gasteiger partial charge on any atom is 0.163 e. The summed E-state index contributed by atoms with van der Waals surface area (Å²) in [5, 5.41) is 8.67. The molecule has 2 fully saturated rings. The quantitative estimate of drug-likeness (QED) is 0.665. The summed E-state index contributed by atoms with van der Waals surface area (Å²) in [6.45, 7) is 4.65. The van der Waals surface area contributed by atoms with Crippen LogP contribution < -0.4 is 0 Å². The van der Waals surface area contributed by atoms with Gasteiger partial charge in [-0.3, -0.25) is 0 Å². The molecule has 2 heterocycles. The molecular weight excluding hydrogens is 194 g/mol. The number of rotatable bonds is 3. The molecule has 1 unspecified atom stereocenters. The summed E-state index contributed by atoms with van der Waals surface area (Å²) < 4.78 is 16.6. The Morgan fingerprint density at radius 3 is 2.53 bits per heavy atom. The van der Waals surface area contributed by atoms with Gasteiger partial charge >= 0.3 is 0 Å². The van der Waals surface area contributed by atoms with Crippen molar-refractivity contribution < 1.29 is 14.2 Å². The normalized spacial score (nSPS) is 38.3. The maximum absolute atomic E-state index is 8.67. The zero-order valence-corrected chi connectivity index (χ0v) is 9.23. The number of hydrogen-bond donors (Lipinski definition) is 0. The van der Waals surface area contributed by atoms with E-state index >= 15 is 0 Å². The summed E-state index contributed by atoms with van der Waals surface area (Å²) in [6, 6.07) is 2.15. The molecular formula is C11H17NO3. The van der Waals surface area contributed by atoms with E-state index in [0.29, 0.717) is 12.5 Å². The Morgan fingerprint density at radius 1 is 1.27 bits per heavy atom. The molecule has 2 aliphatic heterocycles. The van der Waals surface area contributed by atoms with Crippen molar-refractivity contribution in [1.82, 2.24) is 0 Å². The van der Waals surface area contributed by atoms with Gasteiger partial charge in [0.05, 0.1) is 37.4 Å². The van der Waals surface area contributed by atoms with Gasteiger partial charge in [-0.1, -0.05) is 0 Å². The van der Waals surface area contributed by atoms with Gasteiger partial charge < -0.3 is 14.2 Å². The van der Waals surface area contributed by atoms with E-state index in [-0.39, 0.29) is 12.2 Å². The van der Waals surface area contributed by atoms with Crippen LogP contribution >= 0.6 is 0 Å². The molecule has 2 rings (SSSR count). The molecule has 0 amide bonds. The second-order valence-corrected chi connectivity index (χ2v) is 4.67. The molecule has 0 N–H and O–H groups in total. The largest absolute Gasteiger partial charge is 0.373 e. The third kappa shape index (κ3) is 3.16. The second kappa shape index (κ2) is 4.09. The minimum atomic E-state index is -0.570. The van der Waals surface area contributed by atoms with Gasteiger partial charge in [0.1, 0.15) is 0 Å². The van der Waals surface area contributed by atoms with Crippen molar-refractivity contribution in [3.63, 3.8) is 0 Å². The molecule has 0 aromatic carbocycles. The van der Waals surface area contributed by atoms with Crippen molar-refractivity contribution >= 4 is 0 Å². The van der Waals surface area contributed by atoms with Gasteiger partial charge in [-0.2, -0.15) is 5.26 Å². The summed E-state index contributed by atoms with van der Waals surface area (Å²) in [4.78, 5) is 0. The lowest BCUT2D eigenvalue weighted by atomic mass is 10.0. The average molecular weight is 211 g/mol. The van der Waals surface area contributed by atoms with E-state index in [1.54, 1.807) is 0 Å². The monoisotopic (exact) mass is 211 g/mol. The van der Waals surface area contributed by atoms with Gasteiger partial charge in [0.2, 0.25) is 0 Å². The van der Waals surface area contributed by atoms with Crippen LogP contribution in [-0.4, -0.2) is 30.7 Å². The van der Waals surface area contributed by atoms with Crippen LogP contribution in [0.3, 0.4) is 0 Å².